The number of aromatic amines is 1. The van der Waals surface area contributed by atoms with Crippen molar-refractivity contribution in [3.63, 3.8) is 0 Å². The fourth-order valence-corrected chi connectivity index (χ4v) is 3.06. The topological polar surface area (TPSA) is 61.4 Å². The molecule has 2 N–H and O–H groups in total. The van der Waals surface area contributed by atoms with Gasteiger partial charge in [-0.25, -0.2) is 4.98 Å². The van der Waals surface area contributed by atoms with E-state index in [2.05, 4.69) is 27.0 Å². The van der Waals surface area contributed by atoms with Crippen molar-refractivity contribution in [2.45, 2.75) is 32.4 Å². The van der Waals surface area contributed by atoms with Gasteiger partial charge in [0.05, 0.1) is 12.6 Å². The van der Waals surface area contributed by atoms with Gasteiger partial charge in [0.1, 0.15) is 18.2 Å². The number of H-pyrrole nitrogens is 1. The molecule has 5 nitrogen and oxygen atoms in total. The SMILES string of the molecule is Cc1cnc([C@@H]2CCCN2Cc2cccc(OCCO)c2)[nH]1. The van der Waals surface area contributed by atoms with Crippen LogP contribution in [0.5, 0.6) is 5.75 Å². The van der Waals surface area contributed by atoms with Gasteiger partial charge in [0.2, 0.25) is 0 Å². The number of aromatic nitrogens is 2. The number of hydrogen-bond acceptors (Lipinski definition) is 4. The van der Waals surface area contributed by atoms with Crippen LogP contribution in [0.3, 0.4) is 0 Å². The normalized spacial score (nSPS) is 18.7. The lowest BCUT2D eigenvalue weighted by Crippen LogP contribution is -2.23. The average molecular weight is 301 g/mol. The van der Waals surface area contributed by atoms with Crippen molar-refractivity contribution in [1.82, 2.24) is 14.9 Å². The molecule has 1 aliphatic heterocycles. The molecule has 118 valence electrons. The highest BCUT2D eigenvalue weighted by molar-refractivity contribution is 5.28. The lowest BCUT2D eigenvalue weighted by Gasteiger charge is -2.23. The lowest BCUT2D eigenvalue weighted by molar-refractivity contribution is 0.200. The van der Waals surface area contributed by atoms with E-state index >= 15 is 0 Å². The van der Waals surface area contributed by atoms with Crippen LogP contribution in [0.15, 0.2) is 30.5 Å². The zero-order valence-electron chi connectivity index (χ0n) is 13.0. The summed E-state index contributed by atoms with van der Waals surface area (Å²) >= 11 is 0. The van der Waals surface area contributed by atoms with Gasteiger partial charge >= 0.3 is 0 Å². The summed E-state index contributed by atoms with van der Waals surface area (Å²) in [6, 6.07) is 8.48. The molecule has 1 aromatic carbocycles. The Morgan fingerprint density at radius 3 is 3.14 bits per heavy atom. The number of nitrogens with zero attached hydrogens (tertiary/aromatic N) is 2. The van der Waals surface area contributed by atoms with Crippen LogP contribution in [-0.4, -0.2) is 39.7 Å². The molecule has 5 heteroatoms. The fraction of sp³-hybridized carbons (Fsp3) is 0.471. The number of aliphatic hydroxyl groups excluding tert-OH is 1. The van der Waals surface area contributed by atoms with E-state index in [9.17, 15) is 0 Å². The largest absolute Gasteiger partial charge is 0.491 e. The third kappa shape index (κ3) is 3.48. The number of benzene rings is 1. The highest BCUT2D eigenvalue weighted by Crippen LogP contribution is 2.31. The van der Waals surface area contributed by atoms with Crippen molar-refractivity contribution in [2.75, 3.05) is 19.8 Å². The van der Waals surface area contributed by atoms with E-state index < -0.39 is 0 Å². The molecular weight excluding hydrogens is 278 g/mol. The van der Waals surface area contributed by atoms with E-state index in [1.165, 1.54) is 12.0 Å². The molecule has 0 saturated carbocycles. The van der Waals surface area contributed by atoms with Gasteiger partial charge in [-0.1, -0.05) is 12.1 Å². The van der Waals surface area contributed by atoms with Gasteiger partial charge in [-0.3, -0.25) is 4.90 Å². The van der Waals surface area contributed by atoms with Crippen LogP contribution in [0.1, 0.15) is 36.0 Å². The lowest BCUT2D eigenvalue weighted by atomic mass is 10.1. The van der Waals surface area contributed by atoms with Crippen molar-refractivity contribution < 1.29 is 9.84 Å². The highest BCUT2D eigenvalue weighted by Gasteiger charge is 2.28. The van der Waals surface area contributed by atoms with E-state index in [0.29, 0.717) is 12.6 Å². The monoisotopic (exact) mass is 301 g/mol. The maximum Gasteiger partial charge on any atom is 0.123 e. The summed E-state index contributed by atoms with van der Waals surface area (Å²) in [5, 5.41) is 8.85. The van der Waals surface area contributed by atoms with Crippen LogP contribution in [-0.2, 0) is 6.54 Å². The van der Waals surface area contributed by atoms with E-state index in [4.69, 9.17) is 9.84 Å². The van der Waals surface area contributed by atoms with Gasteiger partial charge in [0.15, 0.2) is 0 Å². The van der Waals surface area contributed by atoms with Crippen molar-refractivity contribution in [2.24, 2.45) is 0 Å². The molecule has 1 aliphatic rings. The second-order valence-electron chi connectivity index (χ2n) is 5.80. The van der Waals surface area contributed by atoms with Gasteiger partial charge in [0, 0.05) is 18.4 Å². The molecule has 1 atom stereocenters. The molecule has 0 unspecified atom stereocenters. The van der Waals surface area contributed by atoms with E-state index in [1.54, 1.807) is 0 Å². The molecule has 0 aliphatic carbocycles. The first-order chi connectivity index (χ1) is 10.8. The summed E-state index contributed by atoms with van der Waals surface area (Å²) in [5.74, 6) is 1.89. The van der Waals surface area contributed by atoms with Gasteiger partial charge in [-0.2, -0.15) is 0 Å². The average Bonchev–Trinajstić information content (AvgIpc) is 3.14. The summed E-state index contributed by atoms with van der Waals surface area (Å²) in [6.07, 6.45) is 4.24. The van der Waals surface area contributed by atoms with Crippen LogP contribution in [0.25, 0.3) is 0 Å². The molecule has 0 amide bonds. The summed E-state index contributed by atoms with van der Waals surface area (Å²) < 4.78 is 5.49. The quantitative estimate of drug-likeness (QED) is 0.860. The summed E-state index contributed by atoms with van der Waals surface area (Å²) in [6.45, 7) is 4.39. The van der Waals surface area contributed by atoms with Gasteiger partial charge in [0.25, 0.3) is 0 Å². The molecule has 1 saturated heterocycles. The predicted molar refractivity (Wildman–Crippen MR) is 84.7 cm³/mol. The van der Waals surface area contributed by atoms with Gasteiger partial charge < -0.3 is 14.8 Å². The number of likely N-dealkylation sites (tertiary alicyclic amines) is 1. The van der Waals surface area contributed by atoms with Crippen molar-refractivity contribution in [1.29, 1.82) is 0 Å². The Labute approximate surface area is 130 Å². The fourth-order valence-electron chi connectivity index (χ4n) is 3.06. The summed E-state index contributed by atoms with van der Waals surface area (Å²) in [4.78, 5) is 10.3. The highest BCUT2D eigenvalue weighted by atomic mass is 16.5. The number of aliphatic hydroxyl groups is 1. The first-order valence-electron chi connectivity index (χ1n) is 7.84. The molecule has 2 heterocycles. The van der Waals surface area contributed by atoms with Crippen LogP contribution in [0, 0.1) is 6.92 Å². The molecular formula is C17H23N3O2. The summed E-state index contributed by atoms with van der Waals surface area (Å²) in [7, 11) is 0. The number of imidazole rings is 1. The number of rotatable bonds is 6. The van der Waals surface area contributed by atoms with Crippen LogP contribution in [0.2, 0.25) is 0 Å². The maximum absolute atomic E-state index is 8.85. The first-order valence-corrected chi connectivity index (χ1v) is 7.84. The second-order valence-corrected chi connectivity index (χ2v) is 5.80. The summed E-state index contributed by atoms with van der Waals surface area (Å²) in [5.41, 5.74) is 2.34. The minimum absolute atomic E-state index is 0.0380. The molecule has 0 spiro atoms. The molecule has 0 radical (unpaired) electrons. The van der Waals surface area contributed by atoms with Crippen LogP contribution < -0.4 is 4.74 Å². The smallest absolute Gasteiger partial charge is 0.123 e. The third-order valence-electron chi connectivity index (χ3n) is 4.05. The van der Waals surface area contributed by atoms with Gasteiger partial charge in [-0.15, -0.1) is 0 Å². The molecule has 3 rings (SSSR count). The Kier molecular flexibility index (Phi) is 4.75. The second kappa shape index (κ2) is 6.94. The van der Waals surface area contributed by atoms with Crippen LogP contribution >= 0.6 is 0 Å². The number of hydrogen-bond donors (Lipinski definition) is 2. The van der Waals surface area contributed by atoms with Gasteiger partial charge in [-0.05, 0) is 44.0 Å². The maximum atomic E-state index is 8.85. The molecule has 2 aromatic rings. The Morgan fingerprint density at radius 2 is 2.36 bits per heavy atom. The zero-order chi connectivity index (χ0) is 15.4. The zero-order valence-corrected chi connectivity index (χ0v) is 13.0. The van der Waals surface area contributed by atoms with Crippen molar-refractivity contribution >= 4 is 0 Å². The van der Waals surface area contributed by atoms with E-state index in [1.807, 2.05) is 25.3 Å². The minimum Gasteiger partial charge on any atom is -0.491 e. The van der Waals surface area contributed by atoms with Crippen LogP contribution in [0.4, 0.5) is 0 Å². The minimum atomic E-state index is 0.0380. The molecule has 0 bridgehead atoms. The Hall–Kier alpha value is -1.85. The Balaban J connectivity index is 1.69. The molecule has 1 fully saturated rings. The van der Waals surface area contributed by atoms with E-state index in [-0.39, 0.29) is 6.61 Å². The van der Waals surface area contributed by atoms with Crippen molar-refractivity contribution in [3.8, 4) is 5.75 Å². The Bertz CT molecular complexity index is 611. The Morgan fingerprint density at radius 1 is 1.45 bits per heavy atom. The third-order valence-corrected chi connectivity index (χ3v) is 4.05. The molecule has 22 heavy (non-hydrogen) atoms. The number of nitrogens with one attached hydrogen (secondary N) is 1. The van der Waals surface area contributed by atoms with Crippen molar-refractivity contribution in [3.05, 3.63) is 47.5 Å². The standard InChI is InChI=1S/C17H23N3O2/c1-13-11-18-17(19-13)16-6-3-7-20(16)12-14-4-2-5-15(10-14)22-9-8-21/h2,4-5,10-11,16,21H,3,6-9,12H2,1H3,(H,18,19)/t16-/m0/s1. The molecule has 1 aromatic heterocycles. The van der Waals surface area contributed by atoms with E-state index in [0.717, 1.165) is 36.8 Å². The number of aryl methyl sites for hydroxylation is 1. The number of ether oxygens (including phenoxy) is 1. The first kappa shape index (κ1) is 15.1. The predicted octanol–water partition coefficient (Wildman–Crippen LogP) is 2.43.